The summed E-state index contributed by atoms with van der Waals surface area (Å²) in [5, 5.41) is 8.07. The number of aromatic nitrogens is 1. The zero-order valence-electron chi connectivity index (χ0n) is 14.9. The third-order valence-corrected chi connectivity index (χ3v) is 5.07. The van der Waals surface area contributed by atoms with E-state index in [0.29, 0.717) is 22.3 Å². The number of carbonyl (C=O) groups excluding carboxylic acids is 1. The van der Waals surface area contributed by atoms with Crippen LogP contribution in [0.1, 0.15) is 43.2 Å². The van der Waals surface area contributed by atoms with Gasteiger partial charge in [-0.25, -0.2) is 0 Å². The zero-order chi connectivity index (χ0) is 18.5. The molecule has 1 aliphatic rings. The second-order valence-electron chi connectivity index (χ2n) is 6.62. The zero-order valence-corrected chi connectivity index (χ0v) is 16.4. The van der Waals surface area contributed by atoms with Crippen LogP contribution in [0, 0.1) is 0 Å². The molecule has 1 amide bonds. The van der Waals surface area contributed by atoms with Gasteiger partial charge in [0.15, 0.2) is 0 Å². The highest BCUT2D eigenvalue weighted by Crippen LogP contribution is 2.26. The van der Waals surface area contributed by atoms with Crippen LogP contribution in [0.25, 0.3) is 0 Å². The largest absolute Gasteiger partial charge is 0.361 e. The summed E-state index contributed by atoms with van der Waals surface area (Å²) >= 11 is 12.0. The van der Waals surface area contributed by atoms with Gasteiger partial charge in [0.25, 0.3) is 0 Å². The van der Waals surface area contributed by atoms with Crippen LogP contribution in [0.3, 0.4) is 0 Å². The SMILES string of the molecule is CCCN(CC(=O)Nc1ccc(Cl)cc1Cl)Cc1noc2c1CCCC2. The molecular formula is C19H23Cl2N3O2. The van der Waals surface area contributed by atoms with Crippen LogP contribution in [-0.4, -0.2) is 29.1 Å². The maximum Gasteiger partial charge on any atom is 0.238 e. The maximum atomic E-state index is 12.5. The number of fused-ring (bicyclic) bond motifs is 1. The van der Waals surface area contributed by atoms with Crippen LogP contribution in [0.2, 0.25) is 10.0 Å². The van der Waals surface area contributed by atoms with E-state index in [9.17, 15) is 4.79 Å². The first-order chi connectivity index (χ1) is 12.6. The lowest BCUT2D eigenvalue weighted by molar-refractivity contribution is -0.117. The number of rotatable bonds is 7. The standard InChI is InChI=1S/C19H23Cl2N3O2/c1-2-9-24(11-17-14-5-3-4-6-18(14)26-23-17)12-19(25)22-16-8-7-13(20)10-15(16)21/h7-8,10H,2-6,9,11-12H2,1H3,(H,22,25). The van der Waals surface area contributed by atoms with Crippen LogP contribution in [0.4, 0.5) is 5.69 Å². The van der Waals surface area contributed by atoms with Gasteiger partial charge in [-0.3, -0.25) is 9.69 Å². The number of halogens is 2. The van der Waals surface area contributed by atoms with Gasteiger partial charge in [-0.05, 0) is 50.4 Å². The Morgan fingerprint density at radius 3 is 2.88 bits per heavy atom. The molecule has 0 fully saturated rings. The van der Waals surface area contributed by atoms with Gasteiger partial charge >= 0.3 is 0 Å². The molecule has 2 aromatic rings. The highest BCUT2D eigenvalue weighted by Gasteiger charge is 2.22. The van der Waals surface area contributed by atoms with Gasteiger partial charge in [-0.2, -0.15) is 0 Å². The van der Waals surface area contributed by atoms with Crippen molar-refractivity contribution in [2.45, 2.75) is 45.6 Å². The molecule has 0 radical (unpaired) electrons. The van der Waals surface area contributed by atoms with E-state index in [4.69, 9.17) is 27.7 Å². The molecule has 7 heteroatoms. The average Bonchev–Trinajstić information content (AvgIpc) is 3.01. The number of hydrogen-bond donors (Lipinski definition) is 1. The van der Waals surface area contributed by atoms with Crippen molar-refractivity contribution >= 4 is 34.8 Å². The lowest BCUT2D eigenvalue weighted by Gasteiger charge is -2.21. The van der Waals surface area contributed by atoms with E-state index in [2.05, 4.69) is 22.3 Å². The summed E-state index contributed by atoms with van der Waals surface area (Å²) < 4.78 is 5.49. The molecule has 1 aromatic carbocycles. The van der Waals surface area contributed by atoms with Crippen molar-refractivity contribution < 1.29 is 9.32 Å². The Bertz CT molecular complexity index is 776. The molecule has 1 aromatic heterocycles. The van der Waals surface area contributed by atoms with Gasteiger partial charge in [0.1, 0.15) is 11.5 Å². The first kappa shape index (κ1) is 19.2. The fourth-order valence-electron chi connectivity index (χ4n) is 3.30. The summed E-state index contributed by atoms with van der Waals surface area (Å²) in [6.45, 7) is 3.80. The number of amides is 1. The Kier molecular flexibility index (Phi) is 6.57. The van der Waals surface area contributed by atoms with Crippen molar-refractivity contribution in [3.05, 3.63) is 45.3 Å². The average molecular weight is 396 g/mol. The molecule has 26 heavy (non-hydrogen) atoms. The van der Waals surface area contributed by atoms with Gasteiger partial charge < -0.3 is 9.84 Å². The molecule has 3 rings (SSSR count). The minimum atomic E-state index is -0.111. The van der Waals surface area contributed by atoms with E-state index in [1.54, 1.807) is 18.2 Å². The van der Waals surface area contributed by atoms with Gasteiger partial charge in [0, 0.05) is 23.6 Å². The normalized spacial score (nSPS) is 13.7. The molecule has 0 unspecified atom stereocenters. The van der Waals surface area contributed by atoms with Crippen LogP contribution >= 0.6 is 23.2 Å². The van der Waals surface area contributed by atoms with Crippen LogP contribution in [0.5, 0.6) is 0 Å². The maximum absolute atomic E-state index is 12.5. The fraction of sp³-hybridized carbons (Fsp3) is 0.474. The molecule has 5 nitrogen and oxygen atoms in total. The molecule has 0 bridgehead atoms. The third-order valence-electron chi connectivity index (χ3n) is 4.52. The second-order valence-corrected chi connectivity index (χ2v) is 7.46. The Morgan fingerprint density at radius 2 is 2.12 bits per heavy atom. The Balaban J connectivity index is 1.64. The molecular weight excluding hydrogens is 373 g/mol. The number of hydrogen-bond acceptors (Lipinski definition) is 4. The predicted molar refractivity (Wildman–Crippen MR) is 104 cm³/mol. The second kappa shape index (κ2) is 8.89. The summed E-state index contributed by atoms with van der Waals surface area (Å²) in [6, 6.07) is 5.03. The Hall–Kier alpha value is -1.56. The summed E-state index contributed by atoms with van der Waals surface area (Å²) in [5.41, 5.74) is 2.76. The first-order valence-corrected chi connectivity index (χ1v) is 9.76. The van der Waals surface area contributed by atoms with Crippen molar-refractivity contribution in [3.63, 3.8) is 0 Å². The summed E-state index contributed by atoms with van der Waals surface area (Å²) in [5.74, 6) is 0.903. The monoisotopic (exact) mass is 395 g/mol. The summed E-state index contributed by atoms with van der Waals surface area (Å²) in [6.07, 6.45) is 5.26. The molecule has 0 saturated heterocycles. The number of benzene rings is 1. The van der Waals surface area contributed by atoms with Crippen molar-refractivity contribution in [2.75, 3.05) is 18.4 Å². The summed E-state index contributed by atoms with van der Waals surface area (Å²) in [7, 11) is 0. The Labute approximate surface area is 163 Å². The molecule has 1 aliphatic carbocycles. The molecule has 140 valence electrons. The number of nitrogens with zero attached hydrogens (tertiary/aromatic N) is 2. The number of carbonyl (C=O) groups is 1. The molecule has 1 heterocycles. The summed E-state index contributed by atoms with van der Waals surface area (Å²) in [4.78, 5) is 14.6. The molecule has 0 aliphatic heterocycles. The van der Waals surface area contributed by atoms with Crippen molar-refractivity contribution in [3.8, 4) is 0 Å². The van der Waals surface area contributed by atoms with Crippen molar-refractivity contribution in [2.24, 2.45) is 0 Å². The van der Waals surface area contributed by atoms with Crippen molar-refractivity contribution in [1.29, 1.82) is 0 Å². The van der Waals surface area contributed by atoms with Gasteiger partial charge in [-0.1, -0.05) is 35.3 Å². The molecule has 0 spiro atoms. The first-order valence-electron chi connectivity index (χ1n) is 9.00. The lowest BCUT2D eigenvalue weighted by Crippen LogP contribution is -2.34. The highest BCUT2D eigenvalue weighted by molar-refractivity contribution is 6.36. The van der Waals surface area contributed by atoms with E-state index in [0.717, 1.165) is 43.7 Å². The van der Waals surface area contributed by atoms with E-state index in [1.165, 1.54) is 12.0 Å². The number of anilines is 1. The minimum Gasteiger partial charge on any atom is -0.361 e. The number of nitrogens with one attached hydrogen (secondary N) is 1. The van der Waals surface area contributed by atoms with Gasteiger partial charge in [0.2, 0.25) is 5.91 Å². The smallest absolute Gasteiger partial charge is 0.238 e. The quantitative estimate of drug-likeness (QED) is 0.737. The van der Waals surface area contributed by atoms with Gasteiger partial charge in [0.05, 0.1) is 17.3 Å². The highest BCUT2D eigenvalue weighted by atomic mass is 35.5. The topological polar surface area (TPSA) is 58.4 Å². The van der Waals surface area contributed by atoms with E-state index >= 15 is 0 Å². The van der Waals surface area contributed by atoms with E-state index < -0.39 is 0 Å². The Morgan fingerprint density at radius 1 is 1.31 bits per heavy atom. The molecule has 0 atom stereocenters. The number of aryl methyl sites for hydroxylation is 1. The van der Waals surface area contributed by atoms with Gasteiger partial charge in [-0.15, -0.1) is 0 Å². The minimum absolute atomic E-state index is 0.111. The van der Waals surface area contributed by atoms with Crippen molar-refractivity contribution in [1.82, 2.24) is 10.1 Å². The molecule has 1 N–H and O–H groups in total. The van der Waals surface area contributed by atoms with Crippen LogP contribution in [0.15, 0.2) is 22.7 Å². The lowest BCUT2D eigenvalue weighted by atomic mass is 9.96. The van der Waals surface area contributed by atoms with Crippen LogP contribution < -0.4 is 5.32 Å². The predicted octanol–water partition coefficient (Wildman–Crippen LogP) is 4.71. The fourth-order valence-corrected chi connectivity index (χ4v) is 3.75. The third kappa shape index (κ3) is 4.78. The molecule has 0 saturated carbocycles. The van der Waals surface area contributed by atoms with E-state index in [-0.39, 0.29) is 12.5 Å². The van der Waals surface area contributed by atoms with E-state index in [1.807, 2.05) is 0 Å². The van der Waals surface area contributed by atoms with Crippen LogP contribution in [-0.2, 0) is 24.2 Å².